The van der Waals surface area contributed by atoms with Gasteiger partial charge in [-0.2, -0.15) is 78.7 Å². The summed E-state index contributed by atoms with van der Waals surface area (Å²) in [5.41, 5.74) is 0. The molecule has 29 heavy (non-hydrogen) atoms. The van der Waals surface area contributed by atoms with Crippen LogP contribution >= 0.6 is 0 Å². The Balaban J connectivity index is 7.12. The lowest BCUT2D eigenvalue weighted by Crippen LogP contribution is -2.76. The van der Waals surface area contributed by atoms with Gasteiger partial charge in [0, 0.05) is 0 Å². The standard InChI is InChI=1S/C8HF17O3S/c9-1(10,3(13,14)5(17,18)7(20,21)22)2(11,12)4(15,16)6(19,8(23,24)25)29(26,27)28/h(H,26,27,28). The molecule has 0 aliphatic heterocycles. The number of hydrogen-bond donors (Lipinski definition) is 1. The molecule has 0 saturated heterocycles. The van der Waals surface area contributed by atoms with Crippen molar-refractivity contribution in [2.24, 2.45) is 0 Å². The Morgan fingerprint density at radius 3 is 0.862 bits per heavy atom. The van der Waals surface area contributed by atoms with E-state index >= 15 is 0 Å². The van der Waals surface area contributed by atoms with Gasteiger partial charge in [0.1, 0.15) is 0 Å². The average Bonchev–Trinajstić information content (AvgIpc) is 2.41. The molecule has 0 amide bonds. The molecule has 0 rings (SSSR count). The van der Waals surface area contributed by atoms with Crippen molar-refractivity contribution in [1.82, 2.24) is 0 Å². The van der Waals surface area contributed by atoms with Gasteiger partial charge in [-0.3, -0.25) is 4.55 Å². The van der Waals surface area contributed by atoms with E-state index in [9.17, 15) is 83.1 Å². The van der Waals surface area contributed by atoms with Gasteiger partial charge in [0.15, 0.2) is 0 Å². The Morgan fingerprint density at radius 1 is 0.414 bits per heavy atom. The molecule has 3 nitrogen and oxygen atoms in total. The highest BCUT2D eigenvalue weighted by molar-refractivity contribution is 7.87. The van der Waals surface area contributed by atoms with Crippen molar-refractivity contribution in [2.75, 3.05) is 0 Å². The summed E-state index contributed by atoms with van der Waals surface area (Å²) in [4.78, 5) is 0. The Bertz CT molecular complexity index is 731. The van der Waals surface area contributed by atoms with E-state index < -0.39 is 57.1 Å². The SMILES string of the molecule is O=S(=O)(O)C(F)(C(F)(F)F)C(F)(F)C(F)(F)C(F)(F)C(F)(F)C(F)(F)C(F)(F)F. The molecule has 176 valence electrons. The van der Waals surface area contributed by atoms with E-state index in [0.717, 1.165) is 0 Å². The zero-order valence-electron chi connectivity index (χ0n) is 12.1. The van der Waals surface area contributed by atoms with Crippen LogP contribution in [-0.4, -0.2) is 59.9 Å². The predicted octanol–water partition coefficient (Wildman–Crippen LogP) is 4.84. The second kappa shape index (κ2) is 6.36. The smallest absolute Gasteiger partial charge is 0.283 e. The zero-order valence-corrected chi connectivity index (χ0v) is 12.9. The van der Waals surface area contributed by atoms with Gasteiger partial charge in [0.2, 0.25) is 0 Å². The first-order chi connectivity index (χ1) is 12.0. The van der Waals surface area contributed by atoms with E-state index in [-0.39, 0.29) is 0 Å². The lowest BCUT2D eigenvalue weighted by atomic mass is 9.91. The molecule has 1 atom stereocenters. The summed E-state index contributed by atoms with van der Waals surface area (Å²) >= 11 is 0. The Hall–Kier alpha value is -1.28. The summed E-state index contributed by atoms with van der Waals surface area (Å²) in [6.45, 7) is 0. The molecule has 21 heteroatoms. The first-order valence-electron chi connectivity index (χ1n) is 5.68. The van der Waals surface area contributed by atoms with E-state index in [4.69, 9.17) is 4.55 Å². The van der Waals surface area contributed by atoms with Crippen molar-refractivity contribution in [2.45, 2.75) is 47.0 Å². The quantitative estimate of drug-likeness (QED) is 0.420. The molecule has 0 aromatic rings. The summed E-state index contributed by atoms with van der Waals surface area (Å²) in [6, 6.07) is 0. The lowest BCUT2D eigenvalue weighted by molar-refractivity contribution is -0.450. The fourth-order valence-corrected chi connectivity index (χ4v) is 2.20. The van der Waals surface area contributed by atoms with E-state index in [1.54, 1.807) is 0 Å². The summed E-state index contributed by atoms with van der Waals surface area (Å²) in [5.74, 6) is -43.6. The summed E-state index contributed by atoms with van der Waals surface area (Å²) in [5, 5.41) is -8.26. The van der Waals surface area contributed by atoms with E-state index in [1.165, 1.54) is 0 Å². The first-order valence-corrected chi connectivity index (χ1v) is 7.12. The molecule has 0 heterocycles. The molecular formula is C8HF17O3S. The van der Waals surface area contributed by atoms with Crippen LogP contribution in [0.1, 0.15) is 0 Å². The second-order valence-electron chi connectivity index (χ2n) is 4.94. The minimum Gasteiger partial charge on any atom is -0.283 e. The van der Waals surface area contributed by atoms with Crippen molar-refractivity contribution in [3.63, 3.8) is 0 Å². The minimum atomic E-state index is -8.93. The lowest BCUT2D eigenvalue weighted by Gasteiger charge is -2.42. The topological polar surface area (TPSA) is 54.4 Å². The van der Waals surface area contributed by atoms with Crippen LogP contribution < -0.4 is 0 Å². The monoisotopic (exact) mass is 500 g/mol. The molecule has 0 bridgehead atoms. The van der Waals surface area contributed by atoms with Crippen molar-refractivity contribution < 1.29 is 87.6 Å². The Kier molecular flexibility index (Phi) is 6.08. The second-order valence-corrected chi connectivity index (χ2v) is 6.45. The van der Waals surface area contributed by atoms with Gasteiger partial charge in [-0.05, 0) is 0 Å². The summed E-state index contributed by atoms with van der Waals surface area (Å²) in [6.07, 6.45) is -15.9. The summed E-state index contributed by atoms with van der Waals surface area (Å²) in [7, 11) is -8.34. The third-order valence-corrected chi connectivity index (χ3v) is 4.26. The van der Waals surface area contributed by atoms with Crippen LogP contribution in [0.5, 0.6) is 0 Å². The molecule has 0 radical (unpaired) electrons. The molecule has 0 aliphatic carbocycles. The third kappa shape index (κ3) is 3.26. The largest absolute Gasteiger partial charge is 0.460 e. The van der Waals surface area contributed by atoms with Gasteiger partial charge < -0.3 is 0 Å². The van der Waals surface area contributed by atoms with E-state index in [2.05, 4.69) is 0 Å². The Morgan fingerprint density at radius 2 is 0.655 bits per heavy atom. The van der Waals surface area contributed by atoms with E-state index in [0.29, 0.717) is 0 Å². The molecule has 0 aromatic carbocycles. The third-order valence-electron chi connectivity index (χ3n) is 3.06. The normalized spacial score (nSPS) is 18.6. The number of halogens is 17. The van der Waals surface area contributed by atoms with Gasteiger partial charge in [-0.25, -0.2) is 4.39 Å². The van der Waals surface area contributed by atoms with E-state index in [1.807, 2.05) is 0 Å². The number of hydrogen-bond acceptors (Lipinski definition) is 2. The zero-order chi connectivity index (χ0) is 24.5. The van der Waals surface area contributed by atoms with Gasteiger partial charge in [0.05, 0.1) is 0 Å². The highest BCUT2D eigenvalue weighted by Gasteiger charge is 2.97. The molecule has 0 saturated carbocycles. The van der Waals surface area contributed by atoms with Gasteiger partial charge in [-0.1, -0.05) is 0 Å². The maximum atomic E-state index is 13.3. The van der Waals surface area contributed by atoms with Crippen LogP contribution in [0, 0.1) is 0 Å². The van der Waals surface area contributed by atoms with Crippen LogP contribution in [0.4, 0.5) is 74.6 Å². The van der Waals surface area contributed by atoms with Gasteiger partial charge in [-0.15, -0.1) is 0 Å². The number of alkyl halides is 17. The molecule has 0 aromatic heterocycles. The predicted molar refractivity (Wildman–Crippen MR) is 52.2 cm³/mol. The maximum Gasteiger partial charge on any atom is 0.460 e. The fourth-order valence-electron chi connectivity index (χ4n) is 1.46. The molecule has 1 unspecified atom stereocenters. The first kappa shape index (κ1) is 27.7. The van der Waals surface area contributed by atoms with Crippen molar-refractivity contribution in [3.8, 4) is 0 Å². The van der Waals surface area contributed by atoms with Gasteiger partial charge >= 0.3 is 57.1 Å². The van der Waals surface area contributed by atoms with Crippen molar-refractivity contribution in [1.29, 1.82) is 0 Å². The molecule has 0 fully saturated rings. The molecule has 0 spiro atoms. The van der Waals surface area contributed by atoms with Crippen molar-refractivity contribution in [3.05, 3.63) is 0 Å². The Labute approximate surface area is 146 Å². The van der Waals surface area contributed by atoms with Crippen LogP contribution in [-0.2, 0) is 10.1 Å². The highest BCUT2D eigenvalue weighted by Crippen LogP contribution is 2.64. The van der Waals surface area contributed by atoms with Crippen molar-refractivity contribution >= 4 is 10.1 Å². The minimum absolute atomic E-state index is 7.83. The molecular weight excluding hydrogens is 499 g/mol. The molecule has 1 N–H and O–H groups in total. The average molecular weight is 500 g/mol. The van der Waals surface area contributed by atoms with Gasteiger partial charge in [0.25, 0.3) is 0 Å². The highest BCUT2D eigenvalue weighted by atomic mass is 32.2. The van der Waals surface area contributed by atoms with Crippen LogP contribution in [0.25, 0.3) is 0 Å². The van der Waals surface area contributed by atoms with Crippen LogP contribution in [0.15, 0.2) is 0 Å². The maximum absolute atomic E-state index is 13.3. The number of rotatable bonds is 6. The molecule has 0 aliphatic rings. The summed E-state index contributed by atoms with van der Waals surface area (Å²) < 4.78 is 243. The van der Waals surface area contributed by atoms with Crippen LogP contribution in [0.2, 0.25) is 0 Å². The fraction of sp³-hybridized carbons (Fsp3) is 1.00. The van der Waals surface area contributed by atoms with Crippen LogP contribution in [0.3, 0.4) is 0 Å².